The number of sulfone groups is 1. The van der Waals surface area contributed by atoms with Gasteiger partial charge >= 0.3 is 0 Å². The molecule has 1 aromatic carbocycles. The molecular weight excluding hydrogens is 542 g/mol. The van der Waals surface area contributed by atoms with Gasteiger partial charge in [-0.3, -0.25) is 19.8 Å². The molecule has 2 fully saturated rings. The molecule has 2 aliphatic rings. The quantitative estimate of drug-likeness (QED) is 0.319. The number of hydrogen-bond acceptors (Lipinski definition) is 10. The van der Waals surface area contributed by atoms with Gasteiger partial charge in [0.2, 0.25) is 5.91 Å². The second-order valence-electron chi connectivity index (χ2n) is 9.96. The van der Waals surface area contributed by atoms with Gasteiger partial charge in [-0.1, -0.05) is 17.3 Å². The highest BCUT2D eigenvalue weighted by molar-refractivity contribution is 7.92. The fraction of sp³-hybridized carbons (Fsp3) is 0.538. The van der Waals surface area contributed by atoms with Gasteiger partial charge in [0, 0.05) is 62.9 Å². The van der Waals surface area contributed by atoms with Crippen LogP contribution in [0.25, 0.3) is 0 Å². The van der Waals surface area contributed by atoms with Crippen LogP contribution in [0.4, 0.5) is 5.13 Å². The van der Waals surface area contributed by atoms with Crippen molar-refractivity contribution in [3.8, 4) is 0 Å². The van der Waals surface area contributed by atoms with Crippen LogP contribution in [0.5, 0.6) is 0 Å². The van der Waals surface area contributed by atoms with Crippen LogP contribution in [0.15, 0.2) is 40.5 Å². The number of ether oxygens (including phenoxy) is 1. The number of rotatable bonds is 11. The standard InChI is InChI=1S/C26H35N5O6S2/c1-17-14-30(11-12-31(17)19(3)32)15-21-13-27-26(38-21)28-25(33)24(29-37-18(2)16-36-4)20-5-7-22(8-6-20)39(34,35)23-9-10-23/h5-8,13,17-18,23H,9-12,14-16H2,1-4H3,(H,27,28,33)/t17-,18+/m0/s1. The molecule has 1 N–H and O–H groups in total. The lowest BCUT2D eigenvalue weighted by Crippen LogP contribution is -2.52. The van der Waals surface area contributed by atoms with Crippen LogP contribution in [-0.4, -0.2) is 91.5 Å². The fourth-order valence-corrected chi connectivity index (χ4v) is 6.97. The minimum Gasteiger partial charge on any atom is -0.390 e. The molecule has 1 aliphatic carbocycles. The predicted molar refractivity (Wildman–Crippen MR) is 148 cm³/mol. The lowest BCUT2D eigenvalue weighted by molar-refractivity contribution is -0.133. The average Bonchev–Trinajstić information content (AvgIpc) is 3.67. The van der Waals surface area contributed by atoms with Gasteiger partial charge in [0.05, 0.1) is 16.8 Å². The van der Waals surface area contributed by atoms with Crippen LogP contribution in [-0.2, 0) is 35.5 Å². The third-order valence-electron chi connectivity index (χ3n) is 6.63. The number of thiazole rings is 1. The molecule has 2 atom stereocenters. The molecule has 2 amide bonds. The Kier molecular flexibility index (Phi) is 9.36. The molecule has 0 unspecified atom stereocenters. The summed E-state index contributed by atoms with van der Waals surface area (Å²) >= 11 is 1.36. The van der Waals surface area contributed by atoms with E-state index in [9.17, 15) is 18.0 Å². The Morgan fingerprint density at radius 3 is 2.56 bits per heavy atom. The lowest BCUT2D eigenvalue weighted by atomic mass is 10.1. The first kappa shape index (κ1) is 29.1. The van der Waals surface area contributed by atoms with E-state index in [1.807, 2.05) is 11.8 Å². The Labute approximate surface area is 233 Å². The Morgan fingerprint density at radius 1 is 1.23 bits per heavy atom. The largest absolute Gasteiger partial charge is 0.390 e. The number of piperazine rings is 1. The van der Waals surface area contributed by atoms with Crippen molar-refractivity contribution in [1.29, 1.82) is 0 Å². The molecule has 0 bridgehead atoms. The lowest BCUT2D eigenvalue weighted by Gasteiger charge is -2.39. The molecule has 0 spiro atoms. The Bertz CT molecular complexity index is 1310. The number of benzene rings is 1. The van der Waals surface area contributed by atoms with Crippen LogP contribution >= 0.6 is 11.3 Å². The summed E-state index contributed by atoms with van der Waals surface area (Å²) in [5.41, 5.74) is 0.417. The first-order valence-electron chi connectivity index (χ1n) is 12.9. The highest BCUT2D eigenvalue weighted by Crippen LogP contribution is 2.33. The first-order chi connectivity index (χ1) is 18.6. The molecule has 1 saturated carbocycles. The van der Waals surface area contributed by atoms with Crippen molar-refractivity contribution in [3.05, 3.63) is 40.9 Å². The summed E-state index contributed by atoms with van der Waals surface area (Å²) in [5, 5.41) is 6.98. The molecule has 1 aromatic heterocycles. The first-order valence-corrected chi connectivity index (χ1v) is 15.3. The molecule has 39 heavy (non-hydrogen) atoms. The molecule has 1 aliphatic heterocycles. The summed E-state index contributed by atoms with van der Waals surface area (Å²) < 4.78 is 30.2. The van der Waals surface area contributed by atoms with Crippen LogP contribution in [0, 0.1) is 0 Å². The zero-order valence-electron chi connectivity index (χ0n) is 22.6. The number of nitrogens with zero attached hydrogens (tertiary/aromatic N) is 4. The molecule has 212 valence electrons. The van der Waals surface area contributed by atoms with Crippen LogP contribution in [0.3, 0.4) is 0 Å². The van der Waals surface area contributed by atoms with Gasteiger partial charge in [-0.05, 0) is 38.8 Å². The van der Waals surface area contributed by atoms with E-state index < -0.39 is 21.8 Å². The maximum absolute atomic E-state index is 13.3. The average molecular weight is 578 g/mol. The summed E-state index contributed by atoms with van der Waals surface area (Å²) in [5.74, 6) is -0.441. The number of carbonyl (C=O) groups is 2. The number of amides is 2. The van der Waals surface area contributed by atoms with E-state index in [2.05, 4.69) is 20.4 Å². The normalized spacial score (nSPS) is 19.5. The van der Waals surface area contributed by atoms with Crippen molar-refractivity contribution in [3.63, 3.8) is 0 Å². The highest BCUT2D eigenvalue weighted by atomic mass is 32.2. The molecule has 2 aromatic rings. The van der Waals surface area contributed by atoms with Crippen molar-refractivity contribution in [2.75, 3.05) is 38.7 Å². The minimum absolute atomic E-state index is 0.000692. The van der Waals surface area contributed by atoms with E-state index in [0.717, 1.165) is 18.0 Å². The summed E-state index contributed by atoms with van der Waals surface area (Å²) in [6.07, 6.45) is 2.68. The maximum atomic E-state index is 13.3. The second kappa shape index (κ2) is 12.5. The number of methoxy groups -OCH3 is 1. The molecule has 2 heterocycles. The van der Waals surface area contributed by atoms with Gasteiger partial charge < -0.3 is 14.5 Å². The van der Waals surface area contributed by atoms with Crippen LogP contribution in [0.1, 0.15) is 44.1 Å². The molecule has 4 rings (SSSR count). The van der Waals surface area contributed by atoms with Gasteiger partial charge in [-0.2, -0.15) is 0 Å². The van der Waals surface area contributed by atoms with Gasteiger partial charge in [0.15, 0.2) is 20.7 Å². The van der Waals surface area contributed by atoms with Crippen molar-refractivity contribution in [2.45, 2.75) is 62.4 Å². The summed E-state index contributed by atoms with van der Waals surface area (Å²) in [6, 6.07) is 6.26. The third kappa shape index (κ3) is 7.41. The monoisotopic (exact) mass is 577 g/mol. The number of hydrogen-bond donors (Lipinski definition) is 1. The topological polar surface area (TPSA) is 130 Å². The Morgan fingerprint density at radius 2 is 1.95 bits per heavy atom. The molecule has 1 saturated heterocycles. The number of carbonyl (C=O) groups excluding carboxylic acids is 2. The zero-order chi connectivity index (χ0) is 28.2. The van der Waals surface area contributed by atoms with E-state index in [1.165, 1.54) is 23.5 Å². The van der Waals surface area contributed by atoms with E-state index in [0.29, 0.717) is 36.6 Å². The number of anilines is 1. The molecular formula is C26H35N5O6S2. The number of oxime groups is 1. The molecule has 13 heteroatoms. The van der Waals surface area contributed by atoms with Crippen molar-refractivity contribution in [2.24, 2.45) is 5.16 Å². The summed E-state index contributed by atoms with van der Waals surface area (Å²) in [6.45, 7) is 8.55. The summed E-state index contributed by atoms with van der Waals surface area (Å²) in [4.78, 5) is 40.2. The maximum Gasteiger partial charge on any atom is 0.280 e. The van der Waals surface area contributed by atoms with E-state index in [1.54, 1.807) is 39.3 Å². The van der Waals surface area contributed by atoms with Gasteiger partial charge in [-0.15, -0.1) is 11.3 Å². The zero-order valence-corrected chi connectivity index (χ0v) is 24.3. The smallest absolute Gasteiger partial charge is 0.280 e. The van der Waals surface area contributed by atoms with Crippen LogP contribution < -0.4 is 5.32 Å². The minimum atomic E-state index is -3.35. The van der Waals surface area contributed by atoms with Gasteiger partial charge in [-0.25, -0.2) is 13.4 Å². The van der Waals surface area contributed by atoms with Gasteiger partial charge in [0.1, 0.15) is 6.10 Å². The van der Waals surface area contributed by atoms with Crippen molar-refractivity contribution >= 4 is 43.8 Å². The van der Waals surface area contributed by atoms with E-state index in [-0.39, 0.29) is 34.4 Å². The number of nitrogens with one attached hydrogen (secondary N) is 1. The number of aromatic nitrogens is 1. The fourth-order valence-electron chi connectivity index (χ4n) is 4.47. The SMILES string of the molecule is COC[C@@H](C)ON=C(C(=O)Nc1ncc(CN2CCN(C(C)=O)[C@@H](C)C2)s1)c1ccc(S(=O)(=O)C2CC2)cc1. The van der Waals surface area contributed by atoms with Gasteiger partial charge in [0.25, 0.3) is 5.91 Å². The van der Waals surface area contributed by atoms with Crippen molar-refractivity contribution in [1.82, 2.24) is 14.8 Å². The molecule has 11 nitrogen and oxygen atoms in total. The third-order valence-corrected chi connectivity index (χ3v) is 9.81. The summed E-state index contributed by atoms with van der Waals surface area (Å²) in [7, 11) is -1.81. The Hall–Kier alpha value is -2.87. The van der Waals surface area contributed by atoms with Crippen molar-refractivity contribution < 1.29 is 27.6 Å². The predicted octanol–water partition coefficient (Wildman–Crippen LogP) is 2.53. The highest BCUT2D eigenvalue weighted by Gasteiger charge is 2.37. The van der Waals surface area contributed by atoms with Crippen LogP contribution in [0.2, 0.25) is 0 Å². The Balaban J connectivity index is 1.45. The second-order valence-corrected chi connectivity index (χ2v) is 13.3. The van der Waals surface area contributed by atoms with E-state index >= 15 is 0 Å². The molecule has 0 radical (unpaired) electrons. The van der Waals surface area contributed by atoms with E-state index in [4.69, 9.17) is 9.57 Å².